The molecule has 0 fully saturated rings. The Morgan fingerprint density at radius 1 is 1.20 bits per heavy atom. The van der Waals surface area contributed by atoms with Crippen molar-refractivity contribution >= 4 is 16.9 Å². The first-order chi connectivity index (χ1) is 16.5. The Morgan fingerprint density at radius 2 is 1.89 bits per heavy atom. The molecule has 3 aromatic heterocycles. The van der Waals surface area contributed by atoms with E-state index in [9.17, 15) is 23.5 Å². The SMILES string of the molecule is CCNC(=O)c1cc2c(-c3cc(C(C)(C)O)ccc3Oc3c(F)cncc3F)cn(C)c(=O)c2o1. The van der Waals surface area contributed by atoms with Gasteiger partial charge in [-0.05, 0) is 44.5 Å². The van der Waals surface area contributed by atoms with Crippen molar-refractivity contribution in [2.75, 3.05) is 6.54 Å². The molecule has 0 aliphatic heterocycles. The molecular formula is C25H23F2N3O5. The van der Waals surface area contributed by atoms with Crippen LogP contribution in [0.25, 0.3) is 22.1 Å². The van der Waals surface area contributed by atoms with Crippen LogP contribution in [-0.2, 0) is 12.6 Å². The normalized spacial score (nSPS) is 11.6. The molecule has 0 saturated heterocycles. The van der Waals surface area contributed by atoms with Gasteiger partial charge in [0.25, 0.3) is 11.5 Å². The van der Waals surface area contributed by atoms with Crippen molar-refractivity contribution in [2.24, 2.45) is 7.05 Å². The molecule has 1 amide bonds. The number of carbonyl (C=O) groups is 1. The lowest BCUT2D eigenvalue weighted by Gasteiger charge is -2.21. The topological polar surface area (TPSA) is 107 Å². The van der Waals surface area contributed by atoms with Gasteiger partial charge >= 0.3 is 0 Å². The first-order valence-corrected chi connectivity index (χ1v) is 10.8. The van der Waals surface area contributed by atoms with E-state index in [2.05, 4.69) is 10.3 Å². The molecule has 8 nitrogen and oxygen atoms in total. The van der Waals surface area contributed by atoms with Crippen molar-refractivity contribution in [3.05, 3.63) is 76.2 Å². The van der Waals surface area contributed by atoms with Crippen LogP contribution in [0.4, 0.5) is 8.78 Å². The summed E-state index contributed by atoms with van der Waals surface area (Å²) in [6, 6.07) is 6.03. The predicted molar refractivity (Wildman–Crippen MR) is 124 cm³/mol. The van der Waals surface area contributed by atoms with Gasteiger partial charge in [0.15, 0.2) is 17.4 Å². The summed E-state index contributed by atoms with van der Waals surface area (Å²) in [5, 5.41) is 13.5. The number of rotatable bonds is 6. The molecule has 4 aromatic rings. The maximum Gasteiger partial charge on any atom is 0.293 e. The Kier molecular flexibility index (Phi) is 6.16. The maximum absolute atomic E-state index is 14.3. The highest BCUT2D eigenvalue weighted by Gasteiger charge is 2.24. The number of ether oxygens (including phenoxy) is 1. The Morgan fingerprint density at radius 3 is 2.51 bits per heavy atom. The summed E-state index contributed by atoms with van der Waals surface area (Å²) >= 11 is 0. The molecule has 0 saturated carbocycles. The number of hydrogen-bond acceptors (Lipinski definition) is 6. The number of hydrogen-bond donors (Lipinski definition) is 2. The summed E-state index contributed by atoms with van der Waals surface area (Å²) in [5.74, 6) is -3.20. The first-order valence-electron chi connectivity index (χ1n) is 10.8. The van der Waals surface area contributed by atoms with Crippen molar-refractivity contribution in [3.63, 3.8) is 0 Å². The minimum atomic E-state index is -1.26. The minimum absolute atomic E-state index is 0.0442. The van der Waals surface area contributed by atoms with Crippen LogP contribution >= 0.6 is 0 Å². The van der Waals surface area contributed by atoms with Crippen molar-refractivity contribution in [1.29, 1.82) is 0 Å². The molecule has 0 aliphatic rings. The third kappa shape index (κ3) is 4.52. The first kappa shape index (κ1) is 24.1. The molecular weight excluding hydrogens is 460 g/mol. The second-order valence-electron chi connectivity index (χ2n) is 8.48. The van der Waals surface area contributed by atoms with Gasteiger partial charge in [0.1, 0.15) is 5.75 Å². The standard InChI is InChI=1S/C25H23F2N3O5/c1-5-29-23(31)20-9-15-16(12-30(4)24(32)21(15)35-20)14-8-13(25(2,3)33)6-7-19(14)34-22-17(26)10-28-11-18(22)27/h6-12,33H,5H2,1-4H3,(H,29,31). The zero-order valence-corrected chi connectivity index (χ0v) is 19.5. The zero-order chi connectivity index (χ0) is 25.5. The Labute approximate surface area is 198 Å². The highest BCUT2D eigenvalue weighted by molar-refractivity contribution is 6.01. The zero-order valence-electron chi connectivity index (χ0n) is 19.5. The number of nitrogens with one attached hydrogen (secondary N) is 1. The van der Waals surface area contributed by atoms with E-state index in [0.717, 1.165) is 12.4 Å². The van der Waals surface area contributed by atoms with Gasteiger partial charge in [0.2, 0.25) is 11.3 Å². The van der Waals surface area contributed by atoms with Gasteiger partial charge in [-0.25, -0.2) is 8.78 Å². The number of nitrogens with zero attached hydrogens (tertiary/aromatic N) is 2. The van der Waals surface area contributed by atoms with Crippen LogP contribution in [0.1, 0.15) is 36.9 Å². The van der Waals surface area contributed by atoms with Crippen LogP contribution in [-0.4, -0.2) is 27.1 Å². The van der Waals surface area contributed by atoms with E-state index >= 15 is 0 Å². The average molecular weight is 483 g/mol. The summed E-state index contributed by atoms with van der Waals surface area (Å²) in [4.78, 5) is 28.6. The van der Waals surface area contributed by atoms with Crippen LogP contribution in [0.2, 0.25) is 0 Å². The van der Waals surface area contributed by atoms with Crippen LogP contribution in [0, 0.1) is 11.6 Å². The summed E-state index contributed by atoms with van der Waals surface area (Å²) < 4.78 is 41.1. The van der Waals surface area contributed by atoms with Crippen molar-refractivity contribution in [2.45, 2.75) is 26.4 Å². The molecule has 182 valence electrons. The van der Waals surface area contributed by atoms with E-state index < -0.39 is 34.5 Å². The van der Waals surface area contributed by atoms with Gasteiger partial charge in [-0.3, -0.25) is 14.6 Å². The summed E-state index contributed by atoms with van der Waals surface area (Å²) in [6.45, 7) is 5.26. The highest BCUT2D eigenvalue weighted by atomic mass is 19.1. The van der Waals surface area contributed by atoms with Crippen LogP contribution in [0.5, 0.6) is 11.5 Å². The van der Waals surface area contributed by atoms with E-state index in [1.54, 1.807) is 32.9 Å². The number of carbonyl (C=O) groups excluding carboxylic acids is 1. The largest absolute Gasteiger partial charge is 0.450 e. The van der Waals surface area contributed by atoms with Gasteiger partial charge < -0.3 is 24.1 Å². The molecule has 4 rings (SSSR count). The fourth-order valence-corrected chi connectivity index (χ4v) is 3.62. The quantitative estimate of drug-likeness (QED) is 0.425. The summed E-state index contributed by atoms with van der Waals surface area (Å²) in [5.41, 5.74) is -0.645. The lowest BCUT2D eigenvalue weighted by atomic mass is 9.93. The Balaban J connectivity index is 2.00. The molecule has 1 aromatic carbocycles. The lowest BCUT2D eigenvalue weighted by Crippen LogP contribution is -2.22. The second kappa shape index (κ2) is 8.95. The Bertz CT molecular complexity index is 1480. The maximum atomic E-state index is 14.3. The number of aromatic nitrogens is 2. The number of aliphatic hydroxyl groups is 1. The van der Waals surface area contributed by atoms with Crippen LogP contribution < -0.4 is 15.6 Å². The molecule has 10 heteroatoms. The molecule has 0 bridgehead atoms. The van der Waals surface area contributed by atoms with E-state index in [-0.39, 0.29) is 17.1 Å². The third-order valence-corrected chi connectivity index (χ3v) is 5.42. The molecule has 2 N–H and O–H groups in total. The summed E-state index contributed by atoms with van der Waals surface area (Å²) in [6.07, 6.45) is 3.14. The van der Waals surface area contributed by atoms with Crippen molar-refractivity contribution < 1.29 is 27.8 Å². The van der Waals surface area contributed by atoms with Crippen molar-refractivity contribution in [1.82, 2.24) is 14.9 Å². The van der Waals surface area contributed by atoms with Gasteiger partial charge in [-0.15, -0.1) is 0 Å². The second-order valence-corrected chi connectivity index (χ2v) is 8.48. The predicted octanol–water partition coefficient (Wildman–Crippen LogP) is 4.24. The molecule has 0 spiro atoms. The molecule has 0 aliphatic carbocycles. The smallest absolute Gasteiger partial charge is 0.293 e. The molecule has 0 radical (unpaired) electrons. The number of furan rings is 1. The monoisotopic (exact) mass is 483 g/mol. The van der Waals surface area contributed by atoms with Gasteiger partial charge in [0.05, 0.1) is 18.0 Å². The third-order valence-electron chi connectivity index (χ3n) is 5.42. The number of halogens is 2. The number of amides is 1. The molecule has 3 heterocycles. The van der Waals surface area contributed by atoms with Crippen LogP contribution in [0.15, 0.2) is 52.1 Å². The summed E-state index contributed by atoms with van der Waals surface area (Å²) in [7, 11) is 1.50. The van der Waals surface area contributed by atoms with Gasteiger partial charge in [0, 0.05) is 36.3 Å². The lowest BCUT2D eigenvalue weighted by molar-refractivity contribution is 0.0786. The molecule has 0 unspecified atom stereocenters. The number of aryl methyl sites for hydroxylation is 1. The number of benzene rings is 1. The van der Waals surface area contributed by atoms with Crippen LogP contribution in [0.3, 0.4) is 0 Å². The molecule has 0 atom stereocenters. The van der Waals surface area contributed by atoms with E-state index in [1.165, 1.54) is 29.9 Å². The Hall–Kier alpha value is -4.05. The number of pyridine rings is 2. The van der Waals surface area contributed by atoms with E-state index in [4.69, 9.17) is 9.15 Å². The average Bonchev–Trinajstić information content (AvgIpc) is 3.24. The minimum Gasteiger partial charge on any atom is -0.450 e. The number of fused-ring (bicyclic) bond motifs is 1. The van der Waals surface area contributed by atoms with Gasteiger partial charge in [-0.1, -0.05) is 6.07 Å². The fraction of sp³-hybridized carbons (Fsp3) is 0.240. The molecule has 35 heavy (non-hydrogen) atoms. The fourth-order valence-electron chi connectivity index (χ4n) is 3.62. The van der Waals surface area contributed by atoms with Gasteiger partial charge in [-0.2, -0.15) is 0 Å². The van der Waals surface area contributed by atoms with E-state index in [0.29, 0.717) is 28.6 Å². The van der Waals surface area contributed by atoms with Crippen molar-refractivity contribution in [3.8, 4) is 22.6 Å². The highest BCUT2D eigenvalue weighted by Crippen LogP contribution is 2.40. The van der Waals surface area contributed by atoms with E-state index in [1.807, 2.05) is 0 Å².